The number of carbonyl (C=O) groups excluding carboxylic acids is 1. The molecule has 2 N–H and O–H groups in total. The fourth-order valence-electron chi connectivity index (χ4n) is 3.79. The summed E-state index contributed by atoms with van der Waals surface area (Å²) in [6, 6.07) is 4.38. The molecule has 37 heavy (non-hydrogen) atoms. The van der Waals surface area contributed by atoms with E-state index >= 15 is 0 Å². The summed E-state index contributed by atoms with van der Waals surface area (Å²) >= 11 is 0. The minimum Gasteiger partial charge on any atom is -0.357 e. The van der Waals surface area contributed by atoms with Gasteiger partial charge in [-0.3, -0.25) is 9.78 Å². The van der Waals surface area contributed by atoms with Gasteiger partial charge in [0.2, 0.25) is 0 Å². The van der Waals surface area contributed by atoms with Crippen molar-refractivity contribution in [2.24, 2.45) is 0 Å². The number of carbonyl (C=O) groups is 1. The predicted octanol–water partition coefficient (Wildman–Crippen LogP) is 6.38. The molecule has 0 atom stereocenters. The molecular weight excluding hydrogens is 474 g/mol. The molecule has 0 saturated heterocycles. The van der Waals surface area contributed by atoms with Crippen LogP contribution in [0.15, 0.2) is 60.6 Å². The van der Waals surface area contributed by atoms with E-state index in [9.17, 15) is 13.6 Å². The van der Waals surface area contributed by atoms with E-state index in [0.29, 0.717) is 11.5 Å². The highest BCUT2D eigenvalue weighted by Gasteiger charge is 2.27. The average molecular weight is 509 g/mol. The normalized spacial score (nSPS) is 11.9. The summed E-state index contributed by atoms with van der Waals surface area (Å²) in [5.74, 6) is -2.37. The molecule has 0 unspecified atom stereocenters. The molecule has 1 amide bonds. The number of pyridine rings is 1. The van der Waals surface area contributed by atoms with Crippen molar-refractivity contribution in [3.05, 3.63) is 77.7 Å². The van der Waals surface area contributed by atoms with Gasteiger partial charge in [-0.05, 0) is 57.5 Å². The summed E-state index contributed by atoms with van der Waals surface area (Å²) in [4.78, 5) is 31.7. The van der Waals surface area contributed by atoms with Crippen LogP contribution in [0.25, 0.3) is 16.6 Å². The van der Waals surface area contributed by atoms with E-state index in [0.717, 1.165) is 66.9 Å². The molecule has 3 aromatic heterocycles. The Balaban J connectivity index is 2.00. The Kier molecular flexibility index (Phi) is 8.91. The Morgan fingerprint density at radius 3 is 2.62 bits per heavy atom. The molecule has 196 valence electrons. The fraction of sp³-hybridized carbons (Fsp3) is 0.357. The predicted molar refractivity (Wildman–Crippen MR) is 145 cm³/mol. The van der Waals surface area contributed by atoms with Crippen LogP contribution < -0.4 is 10.2 Å². The number of H-pyrrole nitrogens is 1. The van der Waals surface area contributed by atoms with Gasteiger partial charge < -0.3 is 15.2 Å². The van der Waals surface area contributed by atoms with Crippen LogP contribution in [0.5, 0.6) is 0 Å². The maximum atomic E-state index is 13.7. The molecule has 9 heteroatoms. The van der Waals surface area contributed by atoms with Crippen molar-refractivity contribution in [3.8, 4) is 0 Å². The number of allylic oxidation sites excluding steroid dienone is 4. The number of anilines is 1. The molecule has 0 radical (unpaired) electrons. The Labute approximate surface area is 216 Å². The molecule has 0 saturated carbocycles. The van der Waals surface area contributed by atoms with E-state index in [1.807, 2.05) is 26.1 Å². The number of alkyl halides is 2. The summed E-state index contributed by atoms with van der Waals surface area (Å²) in [6.07, 6.45) is 8.39. The minimum atomic E-state index is -3.15. The monoisotopic (exact) mass is 508 g/mol. The summed E-state index contributed by atoms with van der Waals surface area (Å²) in [5.41, 5.74) is 3.30. The van der Waals surface area contributed by atoms with E-state index < -0.39 is 17.5 Å². The van der Waals surface area contributed by atoms with Crippen molar-refractivity contribution >= 4 is 28.3 Å². The zero-order valence-electron chi connectivity index (χ0n) is 22.0. The summed E-state index contributed by atoms with van der Waals surface area (Å²) in [6.45, 7) is 14.3. The highest BCUT2D eigenvalue weighted by molar-refractivity contribution is 5.96. The van der Waals surface area contributed by atoms with Crippen LogP contribution in [0.1, 0.15) is 69.3 Å². The lowest BCUT2D eigenvalue weighted by Crippen LogP contribution is -2.26. The molecule has 0 fully saturated rings. The van der Waals surface area contributed by atoms with Crippen molar-refractivity contribution in [1.82, 2.24) is 25.3 Å². The minimum absolute atomic E-state index is 0.0693. The lowest BCUT2D eigenvalue weighted by atomic mass is 10.1. The van der Waals surface area contributed by atoms with Crippen LogP contribution in [0.2, 0.25) is 0 Å². The molecule has 7 nitrogen and oxygen atoms in total. The Morgan fingerprint density at radius 2 is 2.00 bits per heavy atom. The third kappa shape index (κ3) is 6.67. The number of nitrogens with zero attached hydrogens (tertiary/aromatic N) is 4. The first-order valence-electron chi connectivity index (χ1n) is 12.4. The van der Waals surface area contributed by atoms with Gasteiger partial charge in [-0.15, -0.1) is 0 Å². The number of nitrogens with one attached hydrogen (secondary N) is 2. The molecule has 0 aliphatic heterocycles. The van der Waals surface area contributed by atoms with Crippen molar-refractivity contribution < 1.29 is 13.6 Å². The number of halogens is 2. The lowest BCUT2D eigenvalue weighted by Gasteiger charge is -2.23. The molecule has 0 spiro atoms. The first-order valence-corrected chi connectivity index (χ1v) is 12.4. The maximum Gasteiger partial charge on any atom is 0.286 e. The van der Waals surface area contributed by atoms with Crippen molar-refractivity contribution in [2.45, 2.75) is 53.4 Å². The number of amides is 1. The molecule has 3 heterocycles. The van der Waals surface area contributed by atoms with Crippen molar-refractivity contribution in [1.29, 1.82) is 0 Å². The quantitative estimate of drug-likeness (QED) is 0.293. The third-order valence-electron chi connectivity index (χ3n) is 5.88. The van der Waals surface area contributed by atoms with Gasteiger partial charge in [0.25, 0.3) is 11.8 Å². The van der Waals surface area contributed by atoms with Crippen molar-refractivity contribution in [2.75, 3.05) is 18.0 Å². The van der Waals surface area contributed by atoms with Gasteiger partial charge in [0, 0.05) is 49.2 Å². The lowest BCUT2D eigenvalue weighted by molar-refractivity contribution is 0.0127. The number of aromatic amines is 1. The average Bonchev–Trinajstić information content (AvgIpc) is 3.35. The highest BCUT2D eigenvalue weighted by atomic mass is 19.3. The number of unbranched alkanes of at least 4 members (excludes halogenated alkanes) is 1. The largest absolute Gasteiger partial charge is 0.357 e. The smallest absolute Gasteiger partial charge is 0.286 e. The van der Waals surface area contributed by atoms with Gasteiger partial charge in [-0.2, -0.15) is 8.78 Å². The van der Waals surface area contributed by atoms with Crippen LogP contribution in [0, 0.1) is 0 Å². The second-order valence-corrected chi connectivity index (χ2v) is 9.03. The van der Waals surface area contributed by atoms with Gasteiger partial charge in [-0.1, -0.05) is 25.5 Å². The fourth-order valence-corrected chi connectivity index (χ4v) is 3.79. The number of fused-ring (bicyclic) bond motifs is 1. The summed E-state index contributed by atoms with van der Waals surface area (Å²) in [7, 11) is 0. The molecular formula is C28H34F2N6O. The van der Waals surface area contributed by atoms with Gasteiger partial charge >= 0.3 is 0 Å². The van der Waals surface area contributed by atoms with Crippen molar-refractivity contribution in [3.63, 3.8) is 0 Å². The molecule has 3 aromatic rings. The maximum absolute atomic E-state index is 13.7. The number of rotatable bonds is 11. The van der Waals surface area contributed by atoms with Crippen LogP contribution in [0.4, 0.5) is 14.6 Å². The van der Waals surface area contributed by atoms with E-state index in [4.69, 9.17) is 9.97 Å². The molecule has 0 aliphatic carbocycles. The summed E-state index contributed by atoms with van der Waals surface area (Å²) < 4.78 is 27.4. The Hall–Kier alpha value is -3.88. The van der Waals surface area contributed by atoms with E-state index in [-0.39, 0.29) is 5.56 Å². The van der Waals surface area contributed by atoms with Gasteiger partial charge in [0.1, 0.15) is 11.2 Å². The van der Waals surface area contributed by atoms with Gasteiger partial charge in [-0.25, -0.2) is 9.97 Å². The first-order chi connectivity index (χ1) is 17.6. The molecule has 0 aliphatic rings. The highest BCUT2D eigenvalue weighted by Crippen LogP contribution is 2.28. The van der Waals surface area contributed by atoms with E-state index in [2.05, 4.69) is 40.6 Å². The second kappa shape index (κ2) is 11.9. The van der Waals surface area contributed by atoms with Crippen LogP contribution in [-0.2, 0) is 5.92 Å². The van der Waals surface area contributed by atoms with E-state index in [1.54, 1.807) is 6.08 Å². The zero-order valence-corrected chi connectivity index (χ0v) is 22.0. The standard InChI is InChI=1S/C28H34F2N6O/c1-7-10-15-36(9-3)26-24-22(12-14-32-24)34-25(35-26)21(18(4)5)17-20(8-2)33-27(37)19-11-13-31-23(16-19)28(6,29)30/h8,11-14,16-17,32H,2,7,9-10,15H2,1,3-6H3,(H,33,37)/b20-17+. The van der Waals surface area contributed by atoms with Crippen LogP contribution >= 0.6 is 0 Å². The number of aromatic nitrogens is 4. The zero-order chi connectivity index (χ0) is 27.2. The molecule has 3 rings (SSSR count). The molecule has 0 bridgehead atoms. The second-order valence-electron chi connectivity index (χ2n) is 9.03. The topological polar surface area (TPSA) is 86.8 Å². The van der Waals surface area contributed by atoms with Crippen LogP contribution in [-0.4, -0.2) is 38.9 Å². The van der Waals surface area contributed by atoms with E-state index in [1.165, 1.54) is 18.3 Å². The Morgan fingerprint density at radius 1 is 1.24 bits per heavy atom. The SMILES string of the molecule is C=C/C(=C\C(=C(C)C)c1nc(N(CC)CCCC)c2[nH]ccc2n1)NC(=O)c1ccnc(C(C)(F)F)c1. The van der Waals surface area contributed by atoms with Crippen LogP contribution in [0.3, 0.4) is 0 Å². The van der Waals surface area contributed by atoms with Gasteiger partial charge in [0.05, 0.1) is 5.52 Å². The van der Waals surface area contributed by atoms with Gasteiger partial charge in [0.15, 0.2) is 11.6 Å². The number of hydrogen-bond donors (Lipinski definition) is 2. The summed E-state index contributed by atoms with van der Waals surface area (Å²) in [5, 5.41) is 2.75. The third-order valence-corrected chi connectivity index (χ3v) is 5.88. The number of hydrogen-bond acceptors (Lipinski definition) is 5. The Bertz CT molecular complexity index is 1330. The molecule has 0 aromatic carbocycles. The first kappa shape index (κ1) is 27.7.